The summed E-state index contributed by atoms with van der Waals surface area (Å²) in [6.07, 6.45) is 6.91. The van der Waals surface area contributed by atoms with Gasteiger partial charge in [0.05, 0.1) is 0 Å². The number of rotatable bonds is 13. The average molecular weight is 744 g/mol. The van der Waals surface area contributed by atoms with Crippen LogP contribution in [0.3, 0.4) is 0 Å². The molecule has 11 heteroatoms. The van der Waals surface area contributed by atoms with E-state index in [1.165, 1.54) is 36.4 Å². The van der Waals surface area contributed by atoms with Crippen molar-refractivity contribution in [3.63, 3.8) is 0 Å². The summed E-state index contributed by atoms with van der Waals surface area (Å²) in [6, 6.07) is 19.2. The Hall–Kier alpha value is -4.35. The Bertz CT molecular complexity index is 1790. The van der Waals surface area contributed by atoms with Gasteiger partial charge < -0.3 is 30.4 Å². The lowest BCUT2D eigenvalue weighted by atomic mass is 9.57. The average Bonchev–Trinajstić information content (AvgIpc) is 3.82. The van der Waals surface area contributed by atoms with Gasteiger partial charge in [0, 0.05) is 60.1 Å². The molecule has 54 heavy (non-hydrogen) atoms. The van der Waals surface area contributed by atoms with Crippen LogP contribution in [-0.2, 0) is 16.1 Å². The van der Waals surface area contributed by atoms with Crippen LogP contribution in [0.4, 0.5) is 29.3 Å². The van der Waals surface area contributed by atoms with Gasteiger partial charge in [-0.25, -0.2) is 9.18 Å². The highest BCUT2D eigenvalue weighted by atomic mass is 19.3. The molecule has 4 atom stereocenters. The van der Waals surface area contributed by atoms with E-state index in [0.717, 1.165) is 115 Å². The van der Waals surface area contributed by atoms with Gasteiger partial charge in [-0.15, -0.1) is 0 Å². The number of halogens is 3. The van der Waals surface area contributed by atoms with Gasteiger partial charge in [-0.2, -0.15) is 8.78 Å². The molecular weight excluding hydrogens is 691 g/mol. The van der Waals surface area contributed by atoms with Crippen LogP contribution in [-0.4, -0.2) is 85.3 Å². The number of anilines is 2. The number of carboxylic acid groups (broad SMARTS) is 1. The Morgan fingerprint density at radius 1 is 0.833 bits per heavy atom. The molecule has 3 saturated heterocycles. The molecule has 2 amide bonds. The third kappa shape index (κ3) is 8.03. The molecule has 7 rings (SSSR count). The highest BCUT2D eigenvalue weighted by Crippen LogP contribution is 2.51. The van der Waals surface area contributed by atoms with E-state index in [2.05, 4.69) is 38.0 Å². The molecule has 3 N–H and O–H groups in total. The van der Waals surface area contributed by atoms with E-state index in [0.29, 0.717) is 11.8 Å². The van der Waals surface area contributed by atoms with E-state index in [1.807, 2.05) is 6.07 Å². The fourth-order valence-electron chi connectivity index (χ4n) is 9.93. The fourth-order valence-corrected chi connectivity index (χ4v) is 9.93. The molecule has 1 aliphatic carbocycles. The minimum Gasteiger partial charge on any atom is -0.465 e. The van der Waals surface area contributed by atoms with Gasteiger partial charge in [-0.05, 0) is 130 Å². The Morgan fingerprint density at radius 2 is 1.57 bits per heavy atom. The summed E-state index contributed by atoms with van der Waals surface area (Å²) >= 11 is 0. The molecule has 3 aliphatic heterocycles. The first-order valence-corrected chi connectivity index (χ1v) is 19.5. The molecule has 0 unspecified atom stereocenters. The molecular formula is C43H52F3N5O3. The SMILES string of the molecule is C=CC(=O)Nc1cccc(C(F)(F)c2ccc(N3CC[C@@H](CN4CCC([C@@](CN5CCC5)(c5cccc(F)c5)[C@H]5CCC[C@@H]5NC(=O)O)CC4)C3)cc2)c1. The lowest BCUT2D eigenvalue weighted by Gasteiger charge is -2.53. The van der Waals surface area contributed by atoms with Gasteiger partial charge in [-0.1, -0.05) is 49.4 Å². The van der Waals surface area contributed by atoms with Crippen LogP contribution in [0, 0.1) is 23.6 Å². The predicted molar refractivity (Wildman–Crippen MR) is 206 cm³/mol. The maximum absolute atomic E-state index is 15.6. The van der Waals surface area contributed by atoms with Gasteiger partial charge in [0.1, 0.15) is 5.82 Å². The fraction of sp³-hybridized carbons (Fsp3) is 0.488. The number of hydrogen-bond donors (Lipinski definition) is 3. The van der Waals surface area contributed by atoms with E-state index in [9.17, 15) is 19.1 Å². The zero-order chi connectivity index (χ0) is 37.9. The molecule has 288 valence electrons. The topological polar surface area (TPSA) is 88.2 Å². The second-order valence-electron chi connectivity index (χ2n) is 15.8. The summed E-state index contributed by atoms with van der Waals surface area (Å²) in [7, 11) is 0. The van der Waals surface area contributed by atoms with Crippen molar-refractivity contribution in [2.45, 2.75) is 62.3 Å². The van der Waals surface area contributed by atoms with Crippen molar-refractivity contribution in [1.82, 2.24) is 15.1 Å². The van der Waals surface area contributed by atoms with E-state index >= 15 is 8.78 Å². The minimum absolute atomic E-state index is 0.0949. The van der Waals surface area contributed by atoms with Crippen LogP contribution >= 0.6 is 0 Å². The monoisotopic (exact) mass is 743 g/mol. The number of likely N-dealkylation sites (tertiary alicyclic amines) is 2. The summed E-state index contributed by atoms with van der Waals surface area (Å²) in [5.74, 6) is -3.10. The second-order valence-corrected chi connectivity index (χ2v) is 15.8. The third-order valence-electron chi connectivity index (χ3n) is 12.7. The van der Waals surface area contributed by atoms with Gasteiger partial charge >= 0.3 is 6.09 Å². The summed E-state index contributed by atoms with van der Waals surface area (Å²) in [6.45, 7) is 10.8. The second kappa shape index (κ2) is 16.2. The Kier molecular flexibility index (Phi) is 11.4. The van der Waals surface area contributed by atoms with E-state index in [-0.39, 0.29) is 40.0 Å². The number of piperidine rings is 1. The first-order chi connectivity index (χ1) is 26.0. The zero-order valence-corrected chi connectivity index (χ0v) is 30.9. The zero-order valence-electron chi connectivity index (χ0n) is 30.9. The molecule has 1 saturated carbocycles. The van der Waals surface area contributed by atoms with Crippen molar-refractivity contribution in [3.05, 3.63) is 108 Å². The smallest absolute Gasteiger partial charge is 0.404 e. The maximum atomic E-state index is 15.6. The van der Waals surface area contributed by atoms with Crippen molar-refractivity contribution < 1.29 is 27.9 Å². The number of hydrogen-bond acceptors (Lipinski definition) is 5. The van der Waals surface area contributed by atoms with Crippen LogP contribution in [0.15, 0.2) is 85.5 Å². The van der Waals surface area contributed by atoms with Crippen LogP contribution < -0.4 is 15.5 Å². The van der Waals surface area contributed by atoms with Crippen LogP contribution in [0.1, 0.15) is 61.6 Å². The first-order valence-electron chi connectivity index (χ1n) is 19.5. The lowest BCUT2D eigenvalue weighted by Crippen LogP contribution is -2.59. The third-order valence-corrected chi connectivity index (χ3v) is 12.7. The molecule has 0 bridgehead atoms. The molecule has 8 nitrogen and oxygen atoms in total. The largest absolute Gasteiger partial charge is 0.465 e. The van der Waals surface area contributed by atoms with Crippen LogP contribution in [0.5, 0.6) is 0 Å². The lowest BCUT2D eigenvalue weighted by molar-refractivity contribution is -0.111. The van der Waals surface area contributed by atoms with Crippen molar-refractivity contribution in [1.29, 1.82) is 0 Å². The molecule has 0 spiro atoms. The van der Waals surface area contributed by atoms with Crippen LogP contribution in [0.2, 0.25) is 0 Å². The standard InChI is InChI=1S/C43H52F3N5O3/c1-2-40(52)47-36-10-4-8-34(26-36)43(45,46)32-13-15-37(16-14-32)51-24-17-30(28-51)27-49-22-18-31(19-23-49)42(29-50-20-6-21-50,33-7-3-9-35(44)25-33)38-11-5-12-39(38)48-41(53)54/h2-4,7-10,13-16,25-26,30-31,38-39,48H,1,5-6,11-12,17-24,27-29H2,(H,47,52)(H,53,54)/t30-,38-,39-,42-/m0/s1. The normalized spacial score (nSPS) is 23.8. The highest BCUT2D eigenvalue weighted by molar-refractivity contribution is 5.98. The van der Waals surface area contributed by atoms with Gasteiger partial charge in [-0.3, -0.25) is 4.79 Å². The predicted octanol–water partition coefficient (Wildman–Crippen LogP) is 7.71. The summed E-state index contributed by atoms with van der Waals surface area (Å²) in [4.78, 5) is 30.9. The van der Waals surface area contributed by atoms with Crippen molar-refractivity contribution in [2.24, 2.45) is 17.8 Å². The van der Waals surface area contributed by atoms with Crippen LogP contribution in [0.25, 0.3) is 0 Å². The van der Waals surface area contributed by atoms with Crippen molar-refractivity contribution in [3.8, 4) is 0 Å². The van der Waals surface area contributed by atoms with Crippen molar-refractivity contribution in [2.75, 3.05) is 62.6 Å². The van der Waals surface area contributed by atoms with E-state index in [4.69, 9.17) is 0 Å². The number of amides is 2. The summed E-state index contributed by atoms with van der Waals surface area (Å²) < 4.78 is 46.1. The number of benzene rings is 3. The Balaban J connectivity index is 1.00. The van der Waals surface area contributed by atoms with Crippen molar-refractivity contribution >= 4 is 23.4 Å². The molecule has 0 aromatic heterocycles. The molecule has 3 aromatic rings. The Morgan fingerprint density at radius 3 is 2.26 bits per heavy atom. The molecule has 4 fully saturated rings. The van der Waals surface area contributed by atoms with E-state index < -0.39 is 17.9 Å². The number of carbonyl (C=O) groups is 2. The van der Waals surface area contributed by atoms with E-state index in [1.54, 1.807) is 24.3 Å². The summed E-state index contributed by atoms with van der Waals surface area (Å²) in [5.41, 5.74) is 1.57. The highest BCUT2D eigenvalue weighted by Gasteiger charge is 2.53. The first kappa shape index (κ1) is 37.9. The summed E-state index contributed by atoms with van der Waals surface area (Å²) in [5, 5.41) is 15.2. The minimum atomic E-state index is -3.24. The molecule has 0 radical (unpaired) electrons. The molecule has 3 heterocycles. The van der Waals surface area contributed by atoms with Gasteiger partial charge in [0.25, 0.3) is 5.92 Å². The quantitative estimate of drug-likeness (QED) is 0.156. The number of nitrogens with one attached hydrogen (secondary N) is 2. The number of nitrogens with zero attached hydrogens (tertiary/aromatic N) is 3. The number of alkyl halides is 2. The number of carbonyl (C=O) groups excluding carboxylic acids is 1. The molecule has 3 aromatic carbocycles. The van der Waals surface area contributed by atoms with Gasteiger partial charge in [0.15, 0.2) is 0 Å². The molecule has 4 aliphatic rings. The Labute approximate surface area is 316 Å². The van der Waals surface area contributed by atoms with Gasteiger partial charge in [0.2, 0.25) is 5.91 Å². The maximum Gasteiger partial charge on any atom is 0.404 e.